The van der Waals surface area contributed by atoms with E-state index in [1.807, 2.05) is 6.92 Å². The Hall–Kier alpha value is -1.93. The third-order valence-electron chi connectivity index (χ3n) is 4.75. The van der Waals surface area contributed by atoms with Gasteiger partial charge < -0.3 is 5.32 Å². The summed E-state index contributed by atoms with van der Waals surface area (Å²) in [4.78, 5) is 17.5. The van der Waals surface area contributed by atoms with Gasteiger partial charge >= 0.3 is 0 Å². The maximum absolute atomic E-state index is 12.6. The van der Waals surface area contributed by atoms with Crippen LogP contribution in [0, 0.1) is 13.8 Å². The third kappa shape index (κ3) is 5.07. The lowest BCUT2D eigenvalue weighted by molar-refractivity contribution is 0.0936. The maximum Gasteiger partial charge on any atom is 0.263 e. The van der Waals surface area contributed by atoms with Gasteiger partial charge in [-0.3, -0.25) is 9.52 Å². The molecule has 1 aromatic heterocycles. The normalized spacial score (nSPS) is 15.9. The largest absolute Gasteiger partial charge is 0.349 e. The zero-order chi connectivity index (χ0) is 19.4. The Morgan fingerprint density at radius 3 is 2.33 bits per heavy atom. The number of rotatable bonds is 5. The number of hydrogen-bond donors (Lipinski definition) is 2. The van der Waals surface area contributed by atoms with E-state index in [0.717, 1.165) is 42.6 Å². The molecule has 1 heterocycles. The molecule has 0 atom stereocenters. The summed E-state index contributed by atoms with van der Waals surface area (Å²) in [5.74, 6) is -0.169. The van der Waals surface area contributed by atoms with Crippen LogP contribution in [0.2, 0.25) is 0 Å². The van der Waals surface area contributed by atoms with Crippen molar-refractivity contribution in [3.8, 4) is 0 Å². The van der Waals surface area contributed by atoms with E-state index >= 15 is 0 Å². The van der Waals surface area contributed by atoms with Gasteiger partial charge in [-0.15, -0.1) is 0 Å². The van der Waals surface area contributed by atoms with Crippen molar-refractivity contribution in [2.75, 3.05) is 4.72 Å². The first-order valence-corrected chi connectivity index (χ1v) is 11.5. The zero-order valence-corrected chi connectivity index (χ0v) is 17.3. The minimum absolute atomic E-state index is 0.169. The summed E-state index contributed by atoms with van der Waals surface area (Å²) in [6.07, 6.45) is 6.70. The highest BCUT2D eigenvalue weighted by Crippen LogP contribution is 2.26. The fourth-order valence-corrected chi connectivity index (χ4v) is 5.32. The van der Waals surface area contributed by atoms with Crippen LogP contribution >= 0.6 is 11.3 Å². The monoisotopic (exact) mass is 407 g/mol. The molecule has 8 heteroatoms. The highest BCUT2D eigenvalue weighted by molar-refractivity contribution is 7.93. The second-order valence-corrected chi connectivity index (χ2v) is 9.70. The van der Waals surface area contributed by atoms with E-state index in [1.165, 1.54) is 12.8 Å². The first-order valence-electron chi connectivity index (χ1n) is 9.23. The molecular weight excluding hydrogens is 382 g/mol. The number of nitrogens with one attached hydrogen (secondary N) is 2. The number of sulfonamides is 1. The van der Waals surface area contributed by atoms with Crippen LogP contribution in [0.1, 0.15) is 59.5 Å². The van der Waals surface area contributed by atoms with Crippen molar-refractivity contribution in [3.05, 3.63) is 40.4 Å². The highest BCUT2D eigenvalue weighted by atomic mass is 32.2. The van der Waals surface area contributed by atoms with E-state index in [0.29, 0.717) is 10.6 Å². The number of anilines is 1. The lowest BCUT2D eigenvalue weighted by Crippen LogP contribution is -2.34. The molecule has 0 unspecified atom stereocenters. The molecule has 1 aromatic carbocycles. The Morgan fingerprint density at radius 1 is 1.07 bits per heavy atom. The first-order chi connectivity index (χ1) is 12.8. The van der Waals surface area contributed by atoms with Gasteiger partial charge in [0.25, 0.3) is 15.9 Å². The second-order valence-electron chi connectivity index (χ2n) is 7.01. The van der Waals surface area contributed by atoms with Gasteiger partial charge in [0, 0.05) is 6.04 Å². The number of carbonyl (C=O) groups is 1. The number of amides is 1. The molecule has 2 aromatic rings. The summed E-state index contributed by atoms with van der Waals surface area (Å²) in [5, 5.41) is 3.29. The molecule has 3 rings (SSSR count). The number of aryl methyl sites for hydroxylation is 2. The molecule has 0 radical (unpaired) electrons. The number of thiazole rings is 1. The molecule has 0 saturated heterocycles. The summed E-state index contributed by atoms with van der Waals surface area (Å²) in [7, 11) is -3.73. The van der Waals surface area contributed by atoms with Crippen LogP contribution in [0.3, 0.4) is 0 Å². The first kappa shape index (κ1) is 19.8. The quantitative estimate of drug-likeness (QED) is 0.733. The van der Waals surface area contributed by atoms with Gasteiger partial charge in [0.1, 0.15) is 4.88 Å². The van der Waals surface area contributed by atoms with Crippen LogP contribution in [0.15, 0.2) is 29.2 Å². The predicted octanol–water partition coefficient (Wildman–Crippen LogP) is 4.01. The van der Waals surface area contributed by atoms with Gasteiger partial charge in [-0.05, 0) is 38.8 Å². The van der Waals surface area contributed by atoms with Gasteiger partial charge in [0.05, 0.1) is 10.6 Å². The molecule has 1 aliphatic rings. The number of aromatic nitrogens is 1. The lowest BCUT2D eigenvalue weighted by atomic mass is 10.1. The van der Waals surface area contributed by atoms with Gasteiger partial charge in [-0.25, -0.2) is 13.4 Å². The van der Waals surface area contributed by atoms with E-state index in [1.54, 1.807) is 31.2 Å². The Labute approximate surface area is 164 Å². The van der Waals surface area contributed by atoms with Crippen molar-refractivity contribution in [1.82, 2.24) is 10.3 Å². The molecule has 146 valence electrons. The molecule has 0 aliphatic heterocycles. The molecule has 0 bridgehead atoms. The van der Waals surface area contributed by atoms with Gasteiger partial charge in [0.2, 0.25) is 0 Å². The molecule has 1 aliphatic carbocycles. The minimum Gasteiger partial charge on any atom is -0.349 e. The predicted molar refractivity (Wildman–Crippen MR) is 108 cm³/mol. The molecule has 1 amide bonds. The van der Waals surface area contributed by atoms with E-state index in [4.69, 9.17) is 0 Å². The topological polar surface area (TPSA) is 88.2 Å². The van der Waals surface area contributed by atoms with Crippen molar-refractivity contribution in [3.63, 3.8) is 0 Å². The molecule has 1 saturated carbocycles. The van der Waals surface area contributed by atoms with E-state index < -0.39 is 10.0 Å². The third-order valence-corrected chi connectivity index (χ3v) is 7.30. The van der Waals surface area contributed by atoms with Crippen LogP contribution in [-0.2, 0) is 10.0 Å². The van der Waals surface area contributed by atoms with Crippen LogP contribution in [0.25, 0.3) is 0 Å². The van der Waals surface area contributed by atoms with Crippen molar-refractivity contribution >= 4 is 32.4 Å². The minimum atomic E-state index is -3.73. The Kier molecular flexibility index (Phi) is 6.16. The Morgan fingerprint density at radius 2 is 1.70 bits per heavy atom. The summed E-state index contributed by atoms with van der Waals surface area (Å²) in [6, 6.07) is 6.78. The van der Waals surface area contributed by atoms with E-state index in [2.05, 4.69) is 15.0 Å². The molecule has 27 heavy (non-hydrogen) atoms. The highest BCUT2D eigenvalue weighted by Gasteiger charge is 2.22. The van der Waals surface area contributed by atoms with E-state index in [-0.39, 0.29) is 22.0 Å². The summed E-state index contributed by atoms with van der Waals surface area (Å²) < 4.78 is 27.5. The maximum atomic E-state index is 12.6. The molecular formula is C19H25N3O3S2. The van der Waals surface area contributed by atoms with Gasteiger partial charge in [-0.2, -0.15) is 0 Å². The average molecular weight is 408 g/mol. The van der Waals surface area contributed by atoms with Crippen LogP contribution in [-0.4, -0.2) is 25.4 Å². The SMILES string of the molecule is Cc1ccc(S(=O)(=O)Nc2nc(C)c(C(=O)NC3CCCCCC3)s2)cc1. The van der Waals surface area contributed by atoms with Gasteiger partial charge in [-0.1, -0.05) is 54.7 Å². The molecule has 6 nitrogen and oxygen atoms in total. The van der Waals surface area contributed by atoms with Crippen molar-refractivity contribution in [2.45, 2.75) is 63.3 Å². The smallest absolute Gasteiger partial charge is 0.263 e. The molecule has 1 fully saturated rings. The second kappa shape index (κ2) is 8.39. The number of nitrogens with zero attached hydrogens (tertiary/aromatic N) is 1. The number of benzene rings is 1. The standard InChI is InChI=1S/C19H25N3O3S2/c1-13-9-11-16(12-10-13)27(24,25)22-19-20-14(2)17(26-19)18(23)21-15-7-5-3-4-6-8-15/h9-12,15H,3-8H2,1-2H3,(H,20,22)(H,21,23). The Balaban J connectivity index is 1.71. The average Bonchev–Trinajstić information content (AvgIpc) is 2.81. The van der Waals surface area contributed by atoms with Crippen LogP contribution in [0.4, 0.5) is 5.13 Å². The number of hydrogen-bond acceptors (Lipinski definition) is 5. The van der Waals surface area contributed by atoms with Gasteiger partial charge in [0.15, 0.2) is 5.13 Å². The number of carbonyl (C=O) groups excluding carboxylic acids is 1. The summed E-state index contributed by atoms with van der Waals surface area (Å²) >= 11 is 1.07. The van der Waals surface area contributed by atoms with Crippen molar-refractivity contribution in [1.29, 1.82) is 0 Å². The fourth-order valence-electron chi connectivity index (χ4n) is 3.22. The van der Waals surface area contributed by atoms with Crippen molar-refractivity contribution < 1.29 is 13.2 Å². The van der Waals surface area contributed by atoms with Crippen molar-refractivity contribution in [2.24, 2.45) is 0 Å². The lowest BCUT2D eigenvalue weighted by Gasteiger charge is -2.15. The van der Waals surface area contributed by atoms with E-state index in [9.17, 15) is 13.2 Å². The zero-order valence-electron chi connectivity index (χ0n) is 15.6. The summed E-state index contributed by atoms with van der Waals surface area (Å²) in [5.41, 5.74) is 1.52. The molecule has 2 N–H and O–H groups in total. The Bertz CT molecular complexity index is 897. The summed E-state index contributed by atoms with van der Waals surface area (Å²) in [6.45, 7) is 3.62. The fraction of sp³-hybridized carbons (Fsp3) is 0.474. The molecule has 0 spiro atoms. The van der Waals surface area contributed by atoms with Crippen LogP contribution in [0.5, 0.6) is 0 Å². The van der Waals surface area contributed by atoms with Crippen LogP contribution < -0.4 is 10.0 Å².